The minimum Gasteiger partial charge on any atom is -0.480 e. The molecule has 84 valence electrons. The Morgan fingerprint density at radius 2 is 1.71 bits per heavy atom. The van der Waals surface area contributed by atoms with Gasteiger partial charge in [-0.15, -0.1) is 0 Å². The summed E-state index contributed by atoms with van der Waals surface area (Å²) in [4.78, 5) is 22.1. The summed E-state index contributed by atoms with van der Waals surface area (Å²) >= 11 is 0. The van der Waals surface area contributed by atoms with E-state index in [-0.39, 0.29) is 12.8 Å². The second-order valence-corrected chi connectivity index (χ2v) is 3.29. The summed E-state index contributed by atoms with van der Waals surface area (Å²) in [5.41, 5.74) is 9.81. The summed E-state index contributed by atoms with van der Waals surface area (Å²) in [6.07, 6.45) is 0.123. The summed E-state index contributed by atoms with van der Waals surface area (Å²) in [5.74, 6) is -1.64. The van der Waals surface area contributed by atoms with Gasteiger partial charge in [-0.1, -0.05) is 0 Å². The number of nitrogens with two attached hydrogens (primary N) is 2. The van der Waals surface area contributed by atoms with Crippen molar-refractivity contribution in [2.24, 2.45) is 11.5 Å². The third-order valence-electron chi connectivity index (χ3n) is 1.02. The smallest absolute Gasteiger partial charge is 0.320 e. The standard InChI is InChI=1S/C5H10N2O3.C3H9N/c6-3(5(9)10)1-2-4(7)8;1-4(2)3/h3H,1-2,6H2,(H2,7,8)(H,9,10);1-3H3. The van der Waals surface area contributed by atoms with E-state index < -0.39 is 17.9 Å². The molecule has 0 aromatic carbocycles. The molecule has 0 spiro atoms. The number of hydrogen-bond acceptors (Lipinski definition) is 4. The molecule has 0 radical (unpaired) electrons. The number of carbonyl (C=O) groups is 2. The Bertz CT molecular complexity index is 180. The summed E-state index contributed by atoms with van der Waals surface area (Å²) in [6.45, 7) is 0. The van der Waals surface area contributed by atoms with Crippen LogP contribution < -0.4 is 11.5 Å². The van der Waals surface area contributed by atoms with Crippen molar-refractivity contribution in [3.8, 4) is 0 Å². The van der Waals surface area contributed by atoms with Crippen molar-refractivity contribution < 1.29 is 14.7 Å². The van der Waals surface area contributed by atoms with E-state index in [4.69, 9.17) is 16.6 Å². The Labute approximate surface area is 83.9 Å². The first-order valence-electron chi connectivity index (χ1n) is 4.15. The van der Waals surface area contributed by atoms with Crippen LogP contribution in [0.4, 0.5) is 0 Å². The van der Waals surface area contributed by atoms with E-state index in [1.807, 2.05) is 26.0 Å². The molecule has 0 aliphatic carbocycles. The molecule has 0 heterocycles. The van der Waals surface area contributed by atoms with Crippen LogP contribution in [0.5, 0.6) is 0 Å². The van der Waals surface area contributed by atoms with Crippen LogP contribution in [0.15, 0.2) is 0 Å². The van der Waals surface area contributed by atoms with E-state index in [1.165, 1.54) is 0 Å². The van der Waals surface area contributed by atoms with Crippen molar-refractivity contribution in [1.82, 2.24) is 4.90 Å². The average molecular weight is 205 g/mol. The van der Waals surface area contributed by atoms with E-state index in [1.54, 1.807) is 0 Å². The molecule has 1 atom stereocenters. The lowest BCUT2D eigenvalue weighted by Gasteiger charge is -2.01. The molecule has 6 nitrogen and oxygen atoms in total. The maximum Gasteiger partial charge on any atom is 0.320 e. The predicted molar refractivity (Wildman–Crippen MR) is 53.7 cm³/mol. The van der Waals surface area contributed by atoms with Crippen LogP contribution in [-0.4, -0.2) is 49.1 Å². The number of carbonyl (C=O) groups excluding carboxylic acids is 1. The lowest BCUT2D eigenvalue weighted by atomic mass is 10.2. The first-order chi connectivity index (χ1) is 6.27. The lowest BCUT2D eigenvalue weighted by molar-refractivity contribution is -0.138. The zero-order chi connectivity index (χ0) is 11.7. The quantitative estimate of drug-likeness (QED) is 0.536. The van der Waals surface area contributed by atoms with Gasteiger partial charge in [0.05, 0.1) is 0 Å². The molecule has 5 N–H and O–H groups in total. The number of aliphatic carboxylic acids is 1. The van der Waals surface area contributed by atoms with Crippen molar-refractivity contribution in [1.29, 1.82) is 0 Å². The lowest BCUT2D eigenvalue weighted by Crippen LogP contribution is -2.31. The molecular weight excluding hydrogens is 186 g/mol. The monoisotopic (exact) mass is 205 g/mol. The summed E-state index contributed by atoms with van der Waals surface area (Å²) in [6, 6.07) is -0.979. The Morgan fingerprint density at radius 3 is 1.93 bits per heavy atom. The van der Waals surface area contributed by atoms with E-state index in [9.17, 15) is 9.59 Å². The molecule has 0 rings (SSSR count). The van der Waals surface area contributed by atoms with Gasteiger partial charge in [0.1, 0.15) is 6.04 Å². The summed E-state index contributed by atoms with van der Waals surface area (Å²) in [5, 5.41) is 8.22. The van der Waals surface area contributed by atoms with Crippen LogP contribution in [-0.2, 0) is 9.59 Å². The highest BCUT2D eigenvalue weighted by Gasteiger charge is 2.11. The van der Waals surface area contributed by atoms with Crippen molar-refractivity contribution in [3.05, 3.63) is 0 Å². The Morgan fingerprint density at radius 1 is 1.36 bits per heavy atom. The molecule has 0 aromatic rings. The van der Waals surface area contributed by atoms with E-state index in [0.717, 1.165) is 0 Å². The highest BCUT2D eigenvalue weighted by Crippen LogP contribution is 1.92. The van der Waals surface area contributed by atoms with Crippen molar-refractivity contribution >= 4 is 11.9 Å². The zero-order valence-corrected chi connectivity index (χ0v) is 8.86. The van der Waals surface area contributed by atoms with Crippen LogP contribution in [0.3, 0.4) is 0 Å². The Kier molecular flexibility index (Phi) is 9.27. The molecule has 0 aliphatic rings. The molecule has 6 heteroatoms. The van der Waals surface area contributed by atoms with Crippen LogP contribution in [0, 0.1) is 0 Å². The number of nitrogens with zero attached hydrogens (tertiary/aromatic N) is 1. The van der Waals surface area contributed by atoms with Gasteiger partial charge in [0.25, 0.3) is 0 Å². The molecule has 0 aromatic heterocycles. The topological polar surface area (TPSA) is 110 Å². The highest BCUT2D eigenvalue weighted by molar-refractivity contribution is 5.76. The minimum atomic E-state index is -1.11. The van der Waals surface area contributed by atoms with E-state index in [2.05, 4.69) is 0 Å². The van der Waals surface area contributed by atoms with Crippen LogP contribution in [0.1, 0.15) is 12.8 Å². The Balaban J connectivity index is 0. The maximum atomic E-state index is 10.1. The second kappa shape index (κ2) is 8.46. The SMILES string of the molecule is CN(C)C.NC(=O)CCC(N)C(=O)O. The molecule has 0 bridgehead atoms. The highest BCUT2D eigenvalue weighted by atomic mass is 16.4. The van der Waals surface area contributed by atoms with Gasteiger partial charge in [-0.05, 0) is 27.6 Å². The normalized spacial score (nSPS) is 11.5. The van der Waals surface area contributed by atoms with Gasteiger partial charge < -0.3 is 21.5 Å². The van der Waals surface area contributed by atoms with E-state index in [0.29, 0.717) is 0 Å². The molecule has 1 unspecified atom stereocenters. The minimum absolute atomic E-state index is 0.0213. The number of carboxylic acid groups (broad SMARTS) is 1. The van der Waals surface area contributed by atoms with E-state index >= 15 is 0 Å². The number of hydrogen-bond donors (Lipinski definition) is 3. The number of primary amides is 1. The van der Waals surface area contributed by atoms with Crippen LogP contribution in [0.25, 0.3) is 0 Å². The van der Waals surface area contributed by atoms with Gasteiger partial charge in [0, 0.05) is 6.42 Å². The molecule has 1 amide bonds. The molecule has 0 saturated heterocycles. The first-order valence-corrected chi connectivity index (χ1v) is 4.15. The first kappa shape index (κ1) is 15.3. The van der Waals surface area contributed by atoms with Crippen molar-refractivity contribution in [3.63, 3.8) is 0 Å². The van der Waals surface area contributed by atoms with Crippen LogP contribution >= 0.6 is 0 Å². The largest absolute Gasteiger partial charge is 0.480 e. The molecule has 0 saturated carbocycles. The van der Waals surface area contributed by atoms with Crippen molar-refractivity contribution in [2.75, 3.05) is 21.1 Å². The van der Waals surface area contributed by atoms with Gasteiger partial charge in [-0.3, -0.25) is 9.59 Å². The Hall–Kier alpha value is -1.14. The summed E-state index contributed by atoms with van der Waals surface area (Å²) in [7, 11) is 6.00. The number of rotatable bonds is 4. The fraction of sp³-hybridized carbons (Fsp3) is 0.750. The predicted octanol–water partition coefficient (Wildman–Crippen LogP) is -1.16. The van der Waals surface area contributed by atoms with Crippen LogP contribution in [0.2, 0.25) is 0 Å². The van der Waals surface area contributed by atoms with Crippen molar-refractivity contribution in [2.45, 2.75) is 18.9 Å². The number of amides is 1. The third-order valence-corrected chi connectivity index (χ3v) is 1.02. The summed E-state index contributed by atoms with van der Waals surface area (Å²) < 4.78 is 0. The maximum absolute atomic E-state index is 10.1. The number of carboxylic acids is 1. The molecule has 14 heavy (non-hydrogen) atoms. The zero-order valence-electron chi connectivity index (χ0n) is 8.86. The molecule has 0 fully saturated rings. The fourth-order valence-corrected chi connectivity index (χ4v) is 0.421. The van der Waals surface area contributed by atoms with Gasteiger partial charge in [-0.2, -0.15) is 0 Å². The molecular formula is C8H19N3O3. The van der Waals surface area contributed by atoms with Gasteiger partial charge >= 0.3 is 5.97 Å². The third kappa shape index (κ3) is 17.1. The second-order valence-electron chi connectivity index (χ2n) is 3.29. The van der Waals surface area contributed by atoms with Gasteiger partial charge in [0.2, 0.25) is 5.91 Å². The fourth-order valence-electron chi connectivity index (χ4n) is 0.421. The average Bonchev–Trinajstić information content (AvgIpc) is 1.98. The molecule has 0 aliphatic heterocycles. The van der Waals surface area contributed by atoms with Gasteiger partial charge in [-0.25, -0.2) is 0 Å². The van der Waals surface area contributed by atoms with Gasteiger partial charge in [0.15, 0.2) is 0 Å².